The number of fused-ring (bicyclic) bond motifs is 9. The van der Waals surface area contributed by atoms with Crippen LogP contribution >= 0.6 is 0 Å². The van der Waals surface area contributed by atoms with E-state index in [1.165, 1.54) is 70.6 Å². The van der Waals surface area contributed by atoms with E-state index in [-0.39, 0.29) is 5.41 Å². The van der Waals surface area contributed by atoms with Crippen LogP contribution in [-0.2, 0) is 11.8 Å². The molecule has 4 bridgehead atoms. The number of para-hydroxylation sites is 2. The fourth-order valence-electron chi connectivity index (χ4n) is 10.3. The molecule has 1 aliphatic heterocycles. The molecule has 4 fully saturated rings. The van der Waals surface area contributed by atoms with Crippen molar-refractivity contribution >= 4 is 21.8 Å². The summed E-state index contributed by atoms with van der Waals surface area (Å²) in [6.45, 7) is 0. The molecule has 1 spiro atoms. The minimum atomic E-state index is 0.177. The molecule has 36 heavy (non-hydrogen) atoms. The largest absolute Gasteiger partial charge is 0.308 e. The lowest BCUT2D eigenvalue weighted by Crippen LogP contribution is -2.57. The van der Waals surface area contributed by atoms with Gasteiger partial charge in [0, 0.05) is 22.6 Å². The molecule has 4 aromatic carbocycles. The van der Waals surface area contributed by atoms with Crippen LogP contribution in [0.2, 0.25) is 0 Å². The number of aromatic nitrogens is 1. The maximum atomic E-state index is 2.70. The Morgan fingerprint density at radius 2 is 1.36 bits per heavy atom. The van der Waals surface area contributed by atoms with Crippen molar-refractivity contribution in [2.24, 2.45) is 23.7 Å². The molecule has 1 nitrogen and oxygen atoms in total. The third kappa shape index (κ3) is 1.95. The van der Waals surface area contributed by atoms with E-state index in [9.17, 15) is 0 Å². The van der Waals surface area contributed by atoms with Gasteiger partial charge in [-0.05, 0) is 95.2 Å². The minimum absolute atomic E-state index is 0.177. The average Bonchev–Trinajstić information content (AvgIpc) is 3.45. The van der Waals surface area contributed by atoms with E-state index in [0.29, 0.717) is 0 Å². The molecular weight excluding hydrogens is 434 g/mol. The molecule has 0 N–H and O–H groups in total. The zero-order valence-corrected chi connectivity index (χ0v) is 20.5. The van der Waals surface area contributed by atoms with Crippen molar-refractivity contribution in [2.45, 2.75) is 43.9 Å². The molecular formula is C35H29N. The molecule has 5 aliphatic carbocycles. The highest BCUT2D eigenvalue weighted by Crippen LogP contribution is 2.68. The smallest absolute Gasteiger partial charge is 0.0582 e. The second kappa shape index (κ2) is 6.14. The Morgan fingerprint density at radius 1 is 0.611 bits per heavy atom. The molecule has 174 valence electrons. The van der Waals surface area contributed by atoms with Crippen LogP contribution in [0.25, 0.3) is 38.6 Å². The summed E-state index contributed by atoms with van der Waals surface area (Å²) in [6, 6.07) is 30.7. The van der Waals surface area contributed by atoms with Gasteiger partial charge in [0.25, 0.3) is 0 Å². The number of hydrogen-bond acceptors (Lipinski definition) is 0. The Morgan fingerprint density at radius 3 is 2.22 bits per heavy atom. The first-order valence-corrected chi connectivity index (χ1v) is 14.1. The van der Waals surface area contributed by atoms with Crippen LogP contribution in [0.1, 0.15) is 54.4 Å². The van der Waals surface area contributed by atoms with Crippen molar-refractivity contribution in [1.29, 1.82) is 0 Å². The highest BCUT2D eigenvalue weighted by molar-refractivity contribution is 6.12. The summed E-state index contributed by atoms with van der Waals surface area (Å²) in [4.78, 5) is 0. The molecule has 4 saturated carbocycles. The molecule has 0 atom stereocenters. The highest BCUT2D eigenvalue weighted by Gasteiger charge is 2.61. The standard InChI is InChI=1S/C35H29N/c1-2-7-25-22(6-1)19-29-26(25)12-13-31-34(29)36-32-11-4-3-8-27(32)28-9-5-10-30(33(28)36)35(31)23-15-20-14-21(17-23)18-24(35)16-20/h1-13,20-21,23-24H,14-19H2. The first-order valence-electron chi connectivity index (χ1n) is 14.1. The predicted octanol–water partition coefficient (Wildman–Crippen LogP) is 8.41. The molecule has 1 aromatic heterocycles. The van der Waals surface area contributed by atoms with Gasteiger partial charge in [-0.1, -0.05) is 72.8 Å². The fraction of sp³-hybridized carbons (Fsp3) is 0.314. The first kappa shape index (κ1) is 18.9. The fourth-order valence-corrected chi connectivity index (χ4v) is 10.3. The van der Waals surface area contributed by atoms with Gasteiger partial charge in [0.15, 0.2) is 0 Å². The summed E-state index contributed by atoms with van der Waals surface area (Å²) in [5.41, 5.74) is 13.9. The highest BCUT2D eigenvalue weighted by atomic mass is 15.0. The lowest BCUT2D eigenvalue weighted by Gasteiger charge is -2.63. The van der Waals surface area contributed by atoms with Gasteiger partial charge in [-0.2, -0.15) is 0 Å². The average molecular weight is 464 g/mol. The zero-order valence-electron chi connectivity index (χ0n) is 20.5. The van der Waals surface area contributed by atoms with E-state index in [1.54, 1.807) is 22.4 Å². The van der Waals surface area contributed by atoms with E-state index in [0.717, 1.165) is 30.1 Å². The van der Waals surface area contributed by atoms with Gasteiger partial charge in [0.05, 0.1) is 16.7 Å². The topological polar surface area (TPSA) is 4.93 Å². The summed E-state index contributed by atoms with van der Waals surface area (Å²) in [7, 11) is 0. The second-order valence-corrected chi connectivity index (χ2v) is 12.5. The van der Waals surface area contributed by atoms with Crippen LogP contribution in [0, 0.1) is 23.7 Å². The van der Waals surface area contributed by atoms with Gasteiger partial charge in [-0.25, -0.2) is 0 Å². The van der Waals surface area contributed by atoms with E-state index in [1.807, 2.05) is 0 Å². The van der Waals surface area contributed by atoms with Gasteiger partial charge >= 0.3 is 0 Å². The monoisotopic (exact) mass is 463 g/mol. The Balaban J connectivity index is 1.41. The summed E-state index contributed by atoms with van der Waals surface area (Å²) < 4.78 is 2.70. The van der Waals surface area contributed by atoms with Gasteiger partial charge < -0.3 is 4.57 Å². The summed E-state index contributed by atoms with van der Waals surface area (Å²) >= 11 is 0. The molecule has 0 unspecified atom stereocenters. The molecule has 0 saturated heterocycles. The number of rotatable bonds is 0. The van der Waals surface area contributed by atoms with Crippen LogP contribution in [0.5, 0.6) is 0 Å². The van der Waals surface area contributed by atoms with Crippen molar-refractivity contribution in [3.05, 3.63) is 101 Å². The van der Waals surface area contributed by atoms with E-state index in [2.05, 4.69) is 83.4 Å². The van der Waals surface area contributed by atoms with E-state index < -0.39 is 0 Å². The van der Waals surface area contributed by atoms with Gasteiger partial charge in [0.1, 0.15) is 0 Å². The van der Waals surface area contributed by atoms with Crippen molar-refractivity contribution in [2.75, 3.05) is 0 Å². The van der Waals surface area contributed by atoms with Crippen LogP contribution in [-0.4, -0.2) is 4.57 Å². The van der Waals surface area contributed by atoms with Crippen molar-refractivity contribution in [3.63, 3.8) is 0 Å². The molecule has 1 heteroatoms. The molecule has 5 aromatic rings. The summed E-state index contributed by atoms with van der Waals surface area (Å²) in [6.07, 6.45) is 8.28. The van der Waals surface area contributed by atoms with Crippen molar-refractivity contribution < 1.29 is 0 Å². The number of hydrogen-bond donors (Lipinski definition) is 0. The quantitative estimate of drug-likeness (QED) is 0.213. The van der Waals surface area contributed by atoms with Crippen LogP contribution in [0.15, 0.2) is 78.9 Å². The van der Waals surface area contributed by atoms with Crippen LogP contribution in [0.3, 0.4) is 0 Å². The third-order valence-corrected chi connectivity index (χ3v) is 11.2. The van der Waals surface area contributed by atoms with Gasteiger partial charge in [0.2, 0.25) is 0 Å². The minimum Gasteiger partial charge on any atom is -0.308 e. The molecule has 0 radical (unpaired) electrons. The number of benzene rings is 4. The molecule has 2 heterocycles. The Hall–Kier alpha value is -3.32. The first-order chi connectivity index (χ1) is 17.8. The maximum absolute atomic E-state index is 2.70. The van der Waals surface area contributed by atoms with Gasteiger partial charge in [-0.3, -0.25) is 0 Å². The van der Waals surface area contributed by atoms with Crippen LogP contribution < -0.4 is 0 Å². The lowest BCUT2D eigenvalue weighted by molar-refractivity contribution is -0.0418. The predicted molar refractivity (Wildman–Crippen MR) is 147 cm³/mol. The maximum Gasteiger partial charge on any atom is 0.0582 e. The Kier molecular flexibility index (Phi) is 3.22. The molecule has 0 amide bonds. The second-order valence-electron chi connectivity index (χ2n) is 12.5. The normalized spacial score (nSPS) is 30.2. The third-order valence-electron chi connectivity index (χ3n) is 11.2. The summed E-state index contributed by atoms with van der Waals surface area (Å²) in [5, 5.41) is 2.87. The summed E-state index contributed by atoms with van der Waals surface area (Å²) in [5.74, 6) is 3.50. The Labute approximate surface area is 211 Å². The molecule has 11 rings (SSSR count). The molecule has 6 aliphatic rings. The van der Waals surface area contributed by atoms with Crippen LogP contribution in [0.4, 0.5) is 0 Å². The van der Waals surface area contributed by atoms with E-state index >= 15 is 0 Å². The zero-order chi connectivity index (χ0) is 23.2. The van der Waals surface area contributed by atoms with Gasteiger partial charge in [-0.15, -0.1) is 0 Å². The SMILES string of the molecule is c1ccc2c(c1)Cc1c-2ccc2c1-n1c3ccccc3c3cccc(c31)C21C2CC3CC(C2)CC1C3. The van der Waals surface area contributed by atoms with Crippen molar-refractivity contribution in [1.82, 2.24) is 4.57 Å². The lowest BCUT2D eigenvalue weighted by atomic mass is 9.41. The number of nitrogens with zero attached hydrogens (tertiary/aromatic N) is 1. The van der Waals surface area contributed by atoms with Crippen molar-refractivity contribution in [3.8, 4) is 16.8 Å². The van der Waals surface area contributed by atoms with E-state index in [4.69, 9.17) is 0 Å². The Bertz CT molecular complexity index is 1750.